The fourth-order valence-electron chi connectivity index (χ4n) is 3.26. The lowest BCUT2D eigenvalue weighted by atomic mass is 9.97. The number of thiocarbonyl (C=S) groups is 1. The third kappa shape index (κ3) is 9.05. The number of carbonyl (C=O) groups is 4. The summed E-state index contributed by atoms with van der Waals surface area (Å²) in [5.41, 5.74) is 1.65. The fourth-order valence-corrected chi connectivity index (χ4v) is 3.37. The minimum atomic E-state index is -1.17. The van der Waals surface area contributed by atoms with Gasteiger partial charge in [0.2, 0.25) is 0 Å². The zero-order chi connectivity index (χ0) is 24.9. The van der Waals surface area contributed by atoms with Crippen LogP contribution in [0.4, 0.5) is 5.69 Å². The van der Waals surface area contributed by atoms with E-state index < -0.39 is 24.3 Å². The Bertz CT molecular complexity index is 1060. The highest BCUT2D eigenvalue weighted by Gasteiger charge is 2.20. The van der Waals surface area contributed by atoms with Crippen molar-refractivity contribution in [3.8, 4) is 5.75 Å². The van der Waals surface area contributed by atoms with Gasteiger partial charge in [-0.05, 0) is 80.0 Å². The van der Waals surface area contributed by atoms with Crippen LogP contribution in [0.1, 0.15) is 54.4 Å². The summed E-state index contributed by atoms with van der Waals surface area (Å²) in [7, 11) is 0. The Hall–Kier alpha value is -3.68. The second-order valence-electron chi connectivity index (χ2n) is 7.62. The molecule has 0 fully saturated rings. The molecule has 2 aromatic rings. The van der Waals surface area contributed by atoms with Crippen molar-refractivity contribution in [1.29, 1.82) is 0 Å². The Balaban J connectivity index is 1.71. The van der Waals surface area contributed by atoms with E-state index in [0.717, 1.165) is 0 Å². The molecule has 2 rings (SSSR count). The van der Waals surface area contributed by atoms with Crippen molar-refractivity contribution in [3.05, 3.63) is 59.7 Å². The molecule has 0 spiro atoms. The van der Waals surface area contributed by atoms with E-state index in [2.05, 4.69) is 22.4 Å². The summed E-state index contributed by atoms with van der Waals surface area (Å²) in [6.07, 6.45) is 1.03. The maximum Gasteiger partial charge on any atom is 0.307 e. The van der Waals surface area contributed by atoms with Crippen molar-refractivity contribution in [1.82, 2.24) is 0 Å². The van der Waals surface area contributed by atoms with Crippen LogP contribution in [-0.4, -0.2) is 45.5 Å². The van der Waals surface area contributed by atoms with Crippen LogP contribution in [0, 0.1) is 5.92 Å². The Morgan fingerprint density at radius 1 is 0.912 bits per heavy atom. The van der Waals surface area contributed by atoms with Crippen molar-refractivity contribution in [2.24, 2.45) is 10.9 Å². The molecular formula is C25H25NO7S. The molecule has 0 radical (unpaired) electrons. The van der Waals surface area contributed by atoms with E-state index in [4.69, 9.17) is 14.9 Å². The number of carboxylic acid groups (broad SMARTS) is 2. The van der Waals surface area contributed by atoms with Crippen LogP contribution in [0.3, 0.4) is 0 Å². The van der Waals surface area contributed by atoms with Gasteiger partial charge < -0.3 is 14.9 Å². The van der Waals surface area contributed by atoms with Crippen LogP contribution in [0.2, 0.25) is 0 Å². The molecule has 34 heavy (non-hydrogen) atoms. The minimum Gasteiger partial charge on any atom is -0.494 e. The zero-order valence-electron chi connectivity index (χ0n) is 18.4. The smallest absolute Gasteiger partial charge is 0.307 e. The Kier molecular flexibility index (Phi) is 10.8. The standard InChI is InChI=1S/C25H25NO7S/c27-21(4-1-3-19(25(31)32)15-23(28)29)5-2-14-33-22-12-8-18(9-13-22)24(30)17-6-10-20(11-7-17)26-16-34/h6-13,19H,1-5,14-15H2,(H,28,29)(H,31,32). The number of carboxylic acids is 2. The number of aliphatic imine (C=N–C) groups is 1. The van der Waals surface area contributed by atoms with Gasteiger partial charge >= 0.3 is 11.9 Å². The number of benzene rings is 2. The quantitative estimate of drug-likeness (QED) is 0.161. The zero-order valence-corrected chi connectivity index (χ0v) is 19.3. The van der Waals surface area contributed by atoms with Gasteiger partial charge in [-0.2, -0.15) is 4.99 Å². The first-order valence-electron chi connectivity index (χ1n) is 10.7. The Morgan fingerprint density at radius 3 is 2.06 bits per heavy atom. The van der Waals surface area contributed by atoms with Crippen molar-refractivity contribution in [2.45, 2.75) is 38.5 Å². The van der Waals surface area contributed by atoms with Crippen molar-refractivity contribution in [3.63, 3.8) is 0 Å². The molecule has 0 aliphatic carbocycles. The highest BCUT2D eigenvalue weighted by atomic mass is 32.1. The maximum atomic E-state index is 12.6. The van der Waals surface area contributed by atoms with Gasteiger partial charge in [0.25, 0.3) is 0 Å². The first-order chi connectivity index (χ1) is 16.3. The fraction of sp³-hybridized carbons (Fsp3) is 0.320. The number of ketones is 2. The van der Waals surface area contributed by atoms with Gasteiger partial charge in [0.1, 0.15) is 11.5 Å². The summed E-state index contributed by atoms with van der Waals surface area (Å²) in [6.45, 7) is 0.317. The number of hydrogen-bond donors (Lipinski definition) is 2. The lowest BCUT2D eigenvalue weighted by Gasteiger charge is -2.09. The summed E-state index contributed by atoms with van der Waals surface area (Å²) in [5, 5.41) is 20.0. The van der Waals surface area contributed by atoms with E-state index >= 15 is 0 Å². The third-order valence-electron chi connectivity index (χ3n) is 5.07. The van der Waals surface area contributed by atoms with Crippen molar-refractivity contribution in [2.75, 3.05) is 6.61 Å². The highest BCUT2D eigenvalue weighted by molar-refractivity contribution is 7.78. The Labute approximate surface area is 202 Å². The largest absolute Gasteiger partial charge is 0.494 e. The Morgan fingerprint density at radius 2 is 1.50 bits per heavy atom. The number of aliphatic carboxylic acids is 2. The van der Waals surface area contributed by atoms with E-state index in [9.17, 15) is 19.2 Å². The monoisotopic (exact) mass is 483 g/mol. The number of isothiocyanates is 1. The first kappa shape index (κ1) is 26.6. The second kappa shape index (κ2) is 13.8. The topological polar surface area (TPSA) is 130 Å². The molecule has 0 aliphatic rings. The third-order valence-corrected chi connectivity index (χ3v) is 5.16. The highest BCUT2D eigenvalue weighted by Crippen LogP contribution is 2.19. The second-order valence-corrected chi connectivity index (χ2v) is 7.80. The molecule has 0 saturated carbocycles. The molecule has 0 heterocycles. The van der Waals surface area contributed by atoms with Gasteiger partial charge in [0.15, 0.2) is 5.78 Å². The number of Topliss-reactive ketones (excluding diaryl/α,β-unsaturated/α-hetero) is 1. The van der Waals surface area contributed by atoms with E-state index in [-0.39, 0.29) is 30.8 Å². The molecule has 178 valence electrons. The van der Waals surface area contributed by atoms with Gasteiger partial charge in [0.05, 0.1) is 29.8 Å². The van der Waals surface area contributed by atoms with E-state index in [0.29, 0.717) is 42.0 Å². The molecule has 0 bridgehead atoms. The molecule has 0 aromatic heterocycles. The first-order valence-corrected chi connectivity index (χ1v) is 11.1. The minimum absolute atomic E-state index is 0.0219. The van der Waals surface area contributed by atoms with Crippen LogP contribution in [0.25, 0.3) is 0 Å². The van der Waals surface area contributed by atoms with Gasteiger partial charge in [-0.3, -0.25) is 19.2 Å². The number of rotatable bonds is 15. The number of hydrogen-bond acceptors (Lipinski definition) is 7. The maximum absolute atomic E-state index is 12.6. The van der Waals surface area contributed by atoms with E-state index in [1.165, 1.54) is 0 Å². The van der Waals surface area contributed by atoms with Gasteiger partial charge in [-0.25, -0.2) is 0 Å². The predicted molar refractivity (Wildman–Crippen MR) is 128 cm³/mol. The van der Waals surface area contributed by atoms with Crippen LogP contribution in [0.15, 0.2) is 53.5 Å². The molecular weight excluding hydrogens is 458 g/mol. The van der Waals surface area contributed by atoms with Crippen LogP contribution in [-0.2, 0) is 14.4 Å². The molecule has 2 N–H and O–H groups in total. The molecule has 2 aromatic carbocycles. The number of carbonyl (C=O) groups excluding carboxylic acids is 2. The summed E-state index contributed by atoms with van der Waals surface area (Å²) in [6, 6.07) is 13.4. The van der Waals surface area contributed by atoms with E-state index in [1.54, 1.807) is 48.5 Å². The van der Waals surface area contributed by atoms with Gasteiger partial charge in [-0.1, -0.05) is 0 Å². The molecule has 8 nitrogen and oxygen atoms in total. The molecule has 0 saturated heterocycles. The van der Waals surface area contributed by atoms with Crippen molar-refractivity contribution < 1.29 is 34.1 Å². The summed E-state index contributed by atoms with van der Waals surface area (Å²) < 4.78 is 5.62. The summed E-state index contributed by atoms with van der Waals surface area (Å²) in [5.74, 6) is -2.89. The molecule has 0 aliphatic heterocycles. The number of ether oxygens (including phenoxy) is 1. The van der Waals surface area contributed by atoms with Crippen LogP contribution in [0.5, 0.6) is 5.75 Å². The molecule has 0 amide bonds. The van der Waals surface area contributed by atoms with Crippen LogP contribution < -0.4 is 4.74 Å². The average Bonchev–Trinajstić information content (AvgIpc) is 2.81. The average molecular weight is 484 g/mol. The van der Waals surface area contributed by atoms with Crippen LogP contribution >= 0.6 is 12.2 Å². The molecule has 1 atom stereocenters. The lowest BCUT2D eigenvalue weighted by Crippen LogP contribution is -2.18. The van der Waals surface area contributed by atoms with Crippen molar-refractivity contribution >= 4 is 46.6 Å². The number of nitrogens with zero attached hydrogens (tertiary/aromatic N) is 1. The molecule has 1 unspecified atom stereocenters. The summed E-state index contributed by atoms with van der Waals surface area (Å²) >= 11 is 4.56. The van der Waals surface area contributed by atoms with Gasteiger partial charge in [-0.15, -0.1) is 0 Å². The molecule has 9 heteroatoms. The SMILES string of the molecule is O=C(O)CC(CCCC(=O)CCCOc1ccc(C(=O)c2ccc(N=C=S)cc2)cc1)C(=O)O. The normalized spacial score (nSPS) is 11.2. The lowest BCUT2D eigenvalue weighted by molar-refractivity contribution is -0.148. The van der Waals surface area contributed by atoms with Gasteiger partial charge in [0, 0.05) is 24.0 Å². The van der Waals surface area contributed by atoms with E-state index in [1.807, 2.05) is 0 Å². The summed E-state index contributed by atoms with van der Waals surface area (Å²) in [4.78, 5) is 50.1. The predicted octanol–water partition coefficient (Wildman–Crippen LogP) is 4.73.